The van der Waals surface area contributed by atoms with E-state index in [9.17, 15) is 14.0 Å². The van der Waals surface area contributed by atoms with Gasteiger partial charge in [0.2, 0.25) is 5.91 Å². The summed E-state index contributed by atoms with van der Waals surface area (Å²) in [5.74, 6) is -0.753. The minimum atomic E-state index is -0.310. The third kappa shape index (κ3) is 9.03. The lowest BCUT2D eigenvalue weighted by molar-refractivity contribution is -0.143. The van der Waals surface area contributed by atoms with Crippen molar-refractivity contribution in [1.82, 2.24) is 4.90 Å². The summed E-state index contributed by atoms with van der Waals surface area (Å²) in [4.78, 5) is 25.6. The van der Waals surface area contributed by atoms with Crippen LogP contribution in [0.1, 0.15) is 51.5 Å². The lowest BCUT2D eigenvalue weighted by atomic mass is 10.2. The third-order valence-corrected chi connectivity index (χ3v) is 3.77. The fraction of sp³-hybridized carbons (Fsp3) is 0.500. The van der Waals surface area contributed by atoms with Crippen molar-refractivity contribution in [2.24, 2.45) is 0 Å². The fourth-order valence-electron chi connectivity index (χ4n) is 2.37. The molecule has 0 unspecified atom stereocenters. The van der Waals surface area contributed by atoms with Crippen molar-refractivity contribution in [2.75, 3.05) is 19.7 Å². The number of hydrogen-bond donors (Lipinski definition) is 0. The highest BCUT2D eigenvalue weighted by Crippen LogP contribution is 2.07. The molecule has 0 aromatic heterocycles. The highest BCUT2D eigenvalue weighted by atomic mass is 19.1. The lowest BCUT2D eigenvalue weighted by Gasteiger charge is -2.21. The van der Waals surface area contributed by atoms with Crippen molar-refractivity contribution in [2.45, 2.75) is 46.0 Å². The second kappa shape index (κ2) is 12.2. The number of amides is 1. The summed E-state index contributed by atoms with van der Waals surface area (Å²) >= 11 is 0. The van der Waals surface area contributed by atoms with Gasteiger partial charge in [-0.15, -0.1) is 0 Å². The summed E-state index contributed by atoms with van der Waals surface area (Å²) in [5.41, 5.74) is 0.756. The molecular formula is C20H28FNO3. The molecule has 0 saturated carbocycles. The first kappa shape index (κ1) is 20.9. The van der Waals surface area contributed by atoms with Crippen LogP contribution in [0.25, 0.3) is 6.08 Å². The number of carbonyl (C=O) groups excluding carboxylic acids is 2. The molecular weight excluding hydrogens is 321 g/mol. The van der Waals surface area contributed by atoms with Crippen LogP contribution in [0.5, 0.6) is 0 Å². The van der Waals surface area contributed by atoms with Crippen LogP contribution in [0.2, 0.25) is 0 Å². The van der Waals surface area contributed by atoms with E-state index in [2.05, 4.69) is 6.92 Å². The predicted octanol–water partition coefficient (Wildman–Crippen LogP) is 4.20. The standard InChI is InChI=1S/C20H28FNO3/c1-3-5-6-7-15-22(16-14-20(24)25-4-2)19(23)13-10-17-8-11-18(21)12-9-17/h8-13H,3-7,14-16H2,1-2H3/b13-10+. The summed E-state index contributed by atoms with van der Waals surface area (Å²) in [6.07, 6.45) is 7.54. The number of halogens is 1. The Morgan fingerprint density at radius 3 is 2.44 bits per heavy atom. The molecule has 0 fully saturated rings. The average Bonchev–Trinajstić information content (AvgIpc) is 2.60. The molecule has 0 atom stereocenters. The van der Waals surface area contributed by atoms with Crippen molar-refractivity contribution in [3.63, 3.8) is 0 Å². The zero-order valence-corrected chi connectivity index (χ0v) is 15.2. The second-order valence-corrected chi connectivity index (χ2v) is 5.83. The monoisotopic (exact) mass is 349 g/mol. The Morgan fingerprint density at radius 1 is 1.08 bits per heavy atom. The normalized spacial score (nSPS) is 10.8. The van der Waals surface area contributed by atoms with E-state index >= 15 is 0 Å². The summed E-state index contributed by atoms with van der Waals surface area (Å²) in [6.45, 7) is 5.20. The number of esters is 1. The first-order valence-corrected chi connectivity index (χ1v) is 8.95. The van der Waals surface area contributed by atoms with Gasteiger partial charge in [0.1, 0.15) is 5.82 Å². The van der Waals surface area contributed by atoms with E-state index in [1.807, 2.05) is 0 Å². The maximum absolute atomic E-state index is 12.9. The molecule has 0 aliphatic carbocycles. The van der Waals surface area contributed by atoms with Gasteiger partial charge in [-0.05, 0) is 37.1 Å². The minimum absolute atomic E-state index is 0.148. The molecule has 0 aliphatic rings. The molecule has 0 radical (unpaired) electrons. The molecule has 25 heavy (non-hydrogen) atoms. The molecule has 0 saturated heterocycles. The van der Waals surface area contributed by atoms with Gasteiger partial charge in [-0.2, -0.15) is 0 Å². The van der Waals surface area contributed by atoms with Crippen molar-refractivity contribution in [3.05, 3.63) is 41.7 Å². The van der Waals surface area contributed by atoms with Gasteiger partial charge in [0.15, 0.2) is 0 Å². The summed E-state index contributed by atoms with van der Waals surface area (Å²) in [6, 6.07) is 5.94. The molecule has 0 aliphatic heterocycles. The molecule has 0 spiro atoms. The Morgan fingerprint density at radius 2 is 1.80 bits per heavy atom. The van der Waals surface area contributed by atoms with Gasteiger partial charge in [0.25, 0.3) is 0 Å². The predicted molar refractivity (Wildman–Crippen MR) is 97.4 cm³/mol. The number of carbonyl (C=O) groups is 2. The van der Waals surface area contributed by atoms with Crippen LogP contribution in [-0.2, 0) is 14.3 Å². The Balaban J connectivity index is 2.62. The van der Waals surface area contributed by atoms with Gasteiger partial charge in [0, 0.05) is 19.2 Å². The average molecular weight is 349 g/mol. The van der Waals surface area contributed by atoms with Gasteiger partial charge in [-0.1, -0.05) is 38.3 Å². The molecule has 0 bridgehead atoms. The number of rotatable bonds is 11. The van der Waals surface area contributed by atoms with E-state index in [1.54, 1.807) is 30.0 Å². The molecule has 1 rings (SSSR count). The van der Waals surface area contributed by atoms with E-state index in [4.69, 9.17) is 4.74 Å². The quantitative estimate of drug-likeness (QED) is 0.342. The molecule has 4 nitrogen and oxygen atoms in total. The Kier molecular flexibility index (Phi) is 10.2. The van der Waals surface area contributed by atoms with E-state index in [0.29, 0.717) is 19.7 Å². The van der Waals surface area contributed by atoms with Gasteiger partial charge in [0.05, 0.1) is 13.0 Å². The summed E-state index contributed by atoms with van der Waals surface area (Å²) in [5, 5.41) is 0. The van der Waals surface area contributed by atoms with Crippen LogP contribution in [0, 0.1) is 5.82 Å². The minimum Gasteiger partial charge on any atom is -0.466 e. The summed E-state index contributed by atoms with van der Waals surface area (Å²) in [7, 11) is 0. The van der Waals surface area contributed by atoms with Crippen LogP contribution >= 0.6 is 0 Å². The fourth-order valence-corrected chi connectivity index (χ4v) is 2.37. The smallest absolute Gasteiger partial charge is 0.307 e. The van der Waals surface area contributed by atoms with E-state index in [0.717, 1.165) is 31.2 Å². The highest BCUT2D eigenvalue weighted by molar-refractivity contribution is 5.92. The largest absolute Gasteiger partial charge is 0.466 e. The Hall–Kier alpha value is -2.17. The zero-order chi connectivity index (χ0) is 18.5. The highest BCUT2D eigenvalue weighted by Gasteiger charge is 2.13. The van der Waals surface area contributed by atoms with Crippen molar-refractivity contribution < 1.29 is 18.7 Å². The summed E-state index contributed by atoms with van der Waals surface area (Å²) < 4.78 is 17.8. The van der Waals surface area contributed by atoms with Crippen molar-refractivity contribution >= 4 is 18.0 Å². The van der Waals surface area contributed by atoms with Crippen molar-refractivity contribution in [3.8, 4) is 0 Å². The molecule has 0 heterocycles. The molecule has 5 heteroatoms. The van der Waals surface area contributed by atoms with Gasteiger partial charge in [-0.3, -0.25) is 9.59 Å². The van der Waals surface area contributed by atoms with Crippen LogP contribution in [0.15, 0.2) is 30.3 Å². The molecule has 1 aromatic carbocycles. The van der Waals surface area contributed by atoms with Gasteiger partial charge in [-0.25, -0.2) is 4.39 Å². The Bertz CT molecular complexity index is 555. The first-order valence-electron chi connectivity index (χ1n) is 8.95. The van der Waals surface area contributed by atoms with E-state index < -0.39 is 0 Å². The molecule has 1 amide bonds. The number of ether oxygens (including phenoxy) is 1. The van der Waals surface area contributed by atoms with Gasteiger partial charge >= 0.3 is 5.97 Å². The van der Waals surface area contributed by atoms with E-state index in [1.165, 1.54) is 18.2 Å². The molecule has 1 aromatic rings. The van der Waals surface area contributed by atoms with Crippen LogP contribution < -0.4 is 0 Å². The topological polar surface area (TPSA) is 46.6 Å². The second-order valence-electron chi connectivity index (χ2n) is 5.83. The molecule has 138 valence electrons. The zero-order valence-electron chi connectivity index (χ0n) is 15.2. The first-order chi connectivity index (χ1) is 12.1. The van der Waals surface area contributed by atoms with Crippen LogP contribution in [0.4, 0.5) is 4.39 Å². The number of hydrogen-bond acceptors (Lipinski definition) is 3. The SMILES string of the molecule is CCCCCCN(CCC(=O)OCC)C(=O)/C=C/c1ccc(F)cc1. The number of benzene rings is 1. The third-order valence-electron chi connectivity index (χ3n) is 3.77. The van der Waals surface area contributed by atoms with Crippen molar-refractivity contribution in [1.29, 1.82) is 0 Å². The Labute approximate surface area is 149 Å². The lowest BCUT2D eigenvalue weighted by Crippen LogP contribution is -2.33. The van der Waals surface area contributed by atoms with E-state index in [-0.39, 0.29) is 24.1 Å². The number of unbranched alkanes of at least 4 members (excludes halogenated alkanes) is 3. The number of nitrogens with zero attached hydrogens (tertiary/aromatic N) is 1. The van der Waals surface area contributed by atoms with Crippen LogP contribution in [-0.4, -0.2) is 36.5 Å². The maximum atomic E-state index is 12.9. The maximum Gasteiger partial charge on any atom is 0.307 e. The molecule has 0 N–H and O–H groups in total. The van der Waals surface area contributed by atoms with Gasteiger partial charge < -0.3 is 9.64 Å². The van der Waals surface area contributed by atoms with Crippen LogP contribution in [0.3, 0.4) is 0 Å².